The summed E-state index contributed by atoms with van der Waals surface area (Å²) in [7, 11) is 2.12. The molecule has 17 heavy (non-hydrogen) atoms. The van der Waals surface area contributed by atoms with Crippen LogP contribution in [0, 0.1) is 3.57 Å². The Bertz CT molecular complexity index is 496. The number of halogens is 1. The van der Waals surface area contributed by atoms with Gasteiger partial charge in [0.25, 0.3) is 0 Å². The first-order chi connectivity index (χ1) is 8.09. The highest BCUT2D eigenvalue weighted by Gasteiger charge is 2.15. The van der Waals surface area contributed by atoms with Gasteiger partial charge in [-0.25, -0.2) is 0 Å². The molecule has 0 spiro atoms. The minimum absolute atomic E-state index is 0.382. The highest BCUT2D eigenvalue weighted by molar-refractivity contribution is 14.1. The average molecular weight is 358 g/mol. The van der Waals surface area contributed by atoms with Gasteiger partial charge >= 0.3 is 0 Å². The molecule has 1 aromatic carbocycles. The van der Waals surface area contributed by atoms with Gasteiger partial charge in [0, 0.05) is 21.2 Å². The summed E-state index contributed by atoms with van der Waals surface area (Å²) in [6, 6.07) is 10.7. The Labute approximate surface area is 120 Å². The van der Waals surface area contributed by atoms with Gasteiger partial charge in [0.05, 0.1) is 11.7 Å². The van der Waals surface area contributed by atoms with E-state index in [1.54, 1.807) is 11.3 Å². The number of benzene rings is 1. The second-order valence-electron chi connectivity index (χ2n) is 4.01. The Hall–Kier alpha value is -0.750. The molecule has 0 bridgehead atoms. The van der Waals surface area contributed by atoms with Crippen molar-refractivity contribution in [3.63, 3.8) is 0 Å². The van der Waals surface area contributed by atoms with Crippen LogP contribution in [0.2, 0.25) is 0 Å². The maximum absolute atomic E-state index is 5.78. The van der Waals surface area contributed by atoms with Gasteiger partial charge in [0.2, 0.25) is 0 Å². The molecule has 0 saturated heterocycles. The first-order valence-corrected chi connectivity index (χ1v) is 7.36. The van der Waals surface area contributed by atoms with Crippen LogP contribution in [0.3, 0.4) is 0 Å². The lowest BCUT2D eigenvalue weighted by atomic mass is 10.2. The van der Waals surface area contributed by atoms with Crippen molar-refractivity contribution in [1.82, 2.24) is 0 Å². The Morgan fingerprint density at radius 2 is 2.12 bits per heavy atom. The number of hydrogen-bond acceptors (Lipinski definition) is 3. The van der Waals surface area contributed by atoms with Crippen LogP contribution < -0.4 is 10.6 Å². The number of hydrogen-bond donors (Lipinski definition) is 1. The largest absolute Gasteiger partial charge is 0.399 e. The van der Waals surface area contributed by atoms with Crippen molar-refractivity contribution in [2.45, 2.75) is 13.0 Å². The van der Waals surface area contributed by atoms with E-state index in [1.807, 2.05) is 12.1 Å². The van der Waals surface area contributed by atoms with Gasteiger partial charge in [-0.2, -0.15) is 0 Å². The number of nitrogens with zero attached hydrogens (tertiary/aromatic N) is 1. The zero-order chi connectivity index (χ0) is 12.4. The molecule has 0 amide bonds. The third-order valence-corrected chi connectivity index (χ3v) is 4.79. The molecule has 1 unspecified atom stereocenters. The average Bonchev–Trinajstić information content (AvgIpc) is 2.80. The number of anilines is 2. The molecule has 2 N–H and O–H groups in total. The van der Waals surface area contributed by atoms with Gasteiger partial charge in [-0.05, 0) is 59.2 Å². The van der Waals surface area contributed by atoms with Gasteiger partial charge < -0.3 is 10.6 Å². The molecular formula is C13H15IN2S. The quantitative estimate of drug-likeness (QED) is 0.660. The first-order valence-electron chi connectivity index (χ1n) is 5.41. The highest BCUT2D eigenvalue weighted by atomic mass is 127. The normalized spacial score (nSPS) is 12.4. The summed E-state index contributed by atoms with van der Waals surface area (Å²) in [5, 5.41) is 2.12. The van der Waals surface area contributed by atoms with Gasteiger partial charge in [-0.15, -0.1) is 11.3 Å². The van der Waals surface area contributed by atoms with Crippen molar-refractivity contribution in [3.8, 4) is 0 Å². The predicted octanol–water partition coefficient (Wildman–Crippen LogP) is 4.13. The van der Waals surface area contributed by atoms with Crippen molar-refractivity contribution >= 4 is 45.3 Å². The Kier molecular flexibility index (Phi) is 3.93. The fourth-order valence-corrected chi connectivity index (χ4v) is 3.48. The van der Waals surface area contributed by atoms with Crippen LogP contribution in [-0.4, -0.2) is 7.05 Å². The molecule has 1 heterocycles. The van der Waals surface area contributed by atoms with Crippen molar-refractivity contribution in [1.29, 1.82) is 0 Å². The smallest absolute Gasteiger partial charge is 0.0604 e. The van der Waals surface area contributed by atoms with Crippen molar-refractivity contribution < 1.29 is 0 Å². The summed E-state index contributed by atoms with van der Waals surface area (Å²) in [6.45, 7) is 2.22. The summed E-state index contributed by atoms with van der Waals surface area (Å²) in [5.41, 5.74) is 7.82. The molecule has 0 fully saturated rings. The van der Waals surface area contributed by atoms with E-state index in [0.717, 1.165) is 5.69 Å². The van der Waals surface area contributed by atoms with Crippen molar-refractivity contribution in [3.05, 3.63) is 44.2 Å². The molecule has 1 atom stereocenters. The van der Waals surface area contributed by atoms with Crippen LogP contribution in [0.15, 0.2) is 35.7 Å². The second-order valence-corrected chi connectivity index (χ2v) is 6.15. The van der Waals surface area contributed by atoms with E-state index in [1.165, 1.54) is 14.1 Å². The lowest BCUT2D eigenvalue weighted by Crippen LogP contribution is -2.21. The maximum atomic E-state index is 5.78. The number of rotatable bonds is 3. The van der Waals surface area contributed by atoms with Crippen molar-refractivity contribution in [2.75, 3.05) is 17.7 Å². The Morgan fingerprint density at radius 3 is 2.71 bits per heavy atom. The summed E-state index contributed by atoms with van der Waals surface area (Å²) >= 11 is 4.13. The minimum atomic E-state index is 0.382. The molecule has 0 aliphatic heterocycles. The summed E-state index contributed by atoms with van der Waals surface area (Å²) in [4.78, 5) is 3.66. The fourth-order valence-electron chi connectivity index (χ4n) is 1.74. The molecular weight excluding hydrogens is 343 g/mol. The maximum Gasteiger partial charge on any atom is 0.0604 e. The summed E-state index contributed by atoms with van der Waals surface area (Å²) < 4.78 is 1.19. The molecule has 4 heteroatoms. The number of thiophene rings is 1. The summed E-state index contributed by atoms with van der Waals surface area (Å²) in [5.74, 6) is 0. The monoisotopic (exact) mass is 358 g/mol. The summed E-state index contributed by atoms with van der Waals surface area (Å²) in [6.07, 6.45) is 0. The molecule has 1 aromatic heterocycles. The Balaban J connectivity index is 2.28. The van der Waals surface area contributed by atoms with E-state index in [-0.39, 0.29) is 0 Å². The third kappa shape index (κ3) is 2.74. The zero-order valence-electron chi connectivity index (χ0n) is 9.85. The number of nitrogens with two attached hydrogens (primary N) is 1. The van der Waals surface area contributed by atoms with Crippen LogP contribution in [0.4, 0.5) is 11.4 Å². The first kappa shape index (κ1) is 12.7. The molecule has 0 radical (unpaired) electrons. The lowest BCUT2D eigenvalue weighted by Gasteiger charge is -2.27. The molecule has 2 nitrogen and oxygen atoms in total. The molecule has 0 aliphatic rings. The number of nitrogen functional groups attached to an aromatic ring is 1. The molecule has 2 rings (SSSR count). The highest BCUT2D eigenvalue weighted by Crippen LogP contribution is 2.31. The Morgan fingerprint density at radius 1 is 1.35 bits per heavy atom. The van der Waals surface area contributed by atoms with Crippen LogP contribution in [-0.2, 0) is 0 Å². The SMILES string of the molecule is CC(c1cccs1)N(C)c1ccc(N)cc1I. The van der Waals surface area contributed by atoms with Gasteiger partial charge in [-0.1, -0.05) is 6.07 Å². The van der Waals surface area contributed by atoms with Crippen molar-refractivity contribution in [2.24, 2.45) is 0 Å². The molecule has 90 valence electrons. The van der Waals surface area contributed by atoms with Crippen LogP contribution in [0.1, 0.15) is 17.8 Å². The molecule has 2 aromatic rings. The predicted molar refractivity (Wildman–Crippen MR) is 84.7 cm³/mol. The third-order valence-electron chi connectivity index (χ3n) is 2.89. The minimum Gasteiger partial charge on any atom is -0.399 e. The van der Waals surface area contributed by atoms with E-state index >= 15 is 0 Å². The van der Waals surface area contributed by atoms with E-state index in [0.29, 0.717) is 6.04 Å². The van der Waals surface area contributed by atoms with Gasteiger partial charge in [0.15, 0.2) is 0 Å². The van der Waals surface area contributed by atoms with Crippen LogP contribution in [0.25, 0.3) is 0 Å². The van der Waals surface area contributed by atoms with Gasteiger partial charge in [0.1, 0.15) is 0 Å². The van der Waals surface area contributed by atoms with Crippen LogP contribution in [0.5, 0.6) is 0 Å². The van der Waals surface area contributed by atoms with Crippen LogP contribution >= 0.6 is 33.9 Å². The van der Waals surface area contributed by atoms with E-state index in [4.69, 9.17) is 5.73 Å². The van der Waals surface area contributed by atoms with E-state index in [9.17, 15) is 0 Å². The van der Waals surface area contributed by atoms with E-state index < -0.39 is 0 Å². The molecule has 0 saturated carbocycles. The lowest BCUT2D eigenvalue weighted by molar-refractivity contribution is 0.752. The second kappa shape index (κ2) is 5.27. The van der Waals surface area contributed by atoms with E-state index in [2.05, 4.69) is 65.0 Å². The zero-order valence-corrected chi connectivity index (χ0v) is 12.8. The molecule has 0 aliphatic carbocycles. The standard InChI is InChI=1S/C13H15IN2S/c1-9(13-4-3-7-17-13)16(2)12-6-5-10(15)8-11(12)14/h3-9H,15H2,1-2H3. The topological polar surface area (TPSA) is 29.3 Å². The fraction of sp³-hybridized carbons (Fsp3) is 0.231. The van der Waals surface area contributed by atoms with Gasteiger partial charge in [-0.3, -0.25) is 0 Å².